The molecule has 0 saturated carbocycles. The van der Waals surface area contributed by atoms with Crippen LogP contribution in [-0.4, -0.2) is 22.9 Å². The summed E-state index contributed by atoms with van der Waals surface area (Å²) in [6, 6.07) is 20.9. The van der Waals surface area contributed by atoms with Gasteiger partial charge in [0, 0.05) is 12.5 Å². The monoisotopic (exact) mass is 314 g/mol. The highest BCUT2D eigenvalue weighted by atomic mass is 15.2. The van der Waals surface area contributed by atoms with Crippen LogP contribution in [0.2, 0.25) is 0 Å². The summed E-state index contributed by atoms with van der Waals surface area (Å²) in [4.78, 5) is 12.7. The summed E-state index contributed by atoms with van der Waals surface area (Å²) in [6.45, 7) is 0.715. The quantitative estimate of drug-likeness (QED) is 0.782. The first-order valence-electron chi connectivity index (χ1n) is 7.84. The zero-order chi connectivity index (χ0) is 16.2. The first kappa shape index (κ1) is 14.4. The molecule has 5 nitrogen and oxygen atoms in total. The normalized spacial score (nSPS) is 12.0. The summed E-state index contributed by atoms with van der Waals surface area (Å²) in [5.41, 5.74) is 3.22. The lowest BCUT2D eigenvalue weighted by molar-refractivity contribution is 0.847. The molecule has 1 aromatic heterocycles. The van der Waals surface area contributed by atoms with Crippen LogP contribution in [0.25, 0.3) is 0 Å². The van der Waals surface area contributed by atoms with Crippen molar-refractivity contribution >= 4 is 23.7 Å². The van der Waals surface area contributed by atoms with E-state index in [1.54, 1.807) is 0 Å². The number of rotatable bonds is 5. The SMILES string of the molecule is C1=Nc2c(ncnc2NCC(c2ccccc2)c2ccccc2)[N]1. The van der Waals surface area contributed by atoms with Gasteiger partial charge in [-0.3, -0.25) is 0 Å². The van der Waals surface area contributed by atoms with E-state index in [9.17, 15) is 0 Å². The van der Waals surface area contributed by atoms with Gasteiger partial charge in [-0.25, -0.2) is 20.3 Å². The number of benzene rings is 2. The van der Waals surface area contributed by atoms with Gasteiger partial charge in [-0.15, -0.1) is 0 Å². The maximum Gasteiger partial charge on any atom is 0.185 e. The van der Waals surface area contributed by atoms with Gasteiger partial charge in [0.25, 0.3) is 0 Å². The molecule has 1 aliphatic heterocycles. The fourth-order valence-corrected chi connectivity index (χ4v) is 2.85. The summed E-state index contributed by atoms with van der Waals surface area (Å²) < 4.78 is 0. The van der Waals surface area contributed by atoms with E-state index >= 15 is 0 Å². The fraction of sp³-hybridized carbons (Fsp3) is 0.105. The molecule has 3 aromatic rings. The average molecular weight is 314 g/mol. The third kappa shape index (κ3) is 2.84. The topological polar surface area (TPSA) is 64.3 Å². The summed E-state index contributed by atoms with van der Waals surface area (Å²) in [6.07, 6.45) is 3.02. The number of hydrogen-bond acceptors (Lipinski definition) is 4. The second-order valence-corrected chi connectivity index (χ2v) is 5.52. The Morgan fingerprint density at radius 3 is 2.17 bits per heavy atom. The first-order chi connectivity index (χ1) is 11.9. The van der Waals surface area contributed by atoms with Crippen molar-refractivity contribution in [2.24, 2.45) is 4.99 Å². The van der Waals surface area contributed by atoms with Crippen LogP contribution in [0.3, 0.4) is 0 Å². The highest BCUT2D eigenvalue weighted by Gasteiger charge is 2.18. The van der Waals surface area contributed by atoms with E-state index in [-0.39, 0.29) is 5.92 Å². The number of nitrogens with one attached hydrogen (secondary N) is 1. The minimum absolute atomic E-state index is 0.223. The minimum Gasteiger partial charge on any atom is -0.367 e. The fourth-order valence-electron chi connectivity index (χ4n) is 2.85. The van der Waals surface area contributed by atoms with Crippen molar-refractivity contribution < 1.29 is 0 Å². The van der Waals surface area contributed by atoms with Gasteiger partial charge in [0.05, 0.1) is 0 Å². The van der Waals surface area contributed by atoms with E-state index in [1.807, 2.05) is 12.1 Å². The molecular weight excluding hydrogens is 298 g/mol. The zero-order valence-electron chi connectivity index (χ0n) is 13.0. The average Bonchev–Trinajstić information content (AvgIpc) is 3.13. The molecular formula is C19H16N5. The Kier molecular flexibility index (Phi) is 3.90. The molecule has 2 heterocycles. The predicted octanol–water partition coefficient (Wildman–Crippen LogP) is 3.63. The van der Waals surface area contributed by atoms with Gasteiger partial charge in [-0.05, 0) is 11.1 Å². The number of fused-ring (bicyclic) bond motifs is 1. The molecule has 5 heteroatoms. The Morgan fingerprint density at radius 1 is 0.833 bits per heavy atom. The summed E-state index contributed by atoms with van der Waals surface area (Å²) in [5, 5.41) is 7.54. The van der Waals surface area contributed by atoms with Gasteiger partial charge in [0.15, 0.2) is 17.3 Å². The van der Waals surface area contributed by atoms with Gasteiger partial charge in [0.1, 0.15) is 12.7 Å². The third-order valence-electron chi connectivity index (χ3n) is 4.05. The van der Waals surface area contributed by atoms with Crippen molar-refractivity contribution in [2.45, 2.75) is 5.92 Å². The molecule has 0 saturated heterocycles. The molecule has 0 amide bonds. The maximum absolute atomic E-state index is 4.31. The van der Waals surface area contributed by atoms with E-state index < -0.39 is 0 Å². The van der Waals surface area contributed by atoms with Crippen molar-refractivity contribution in [2.75, 3.05) is 11.9 Å². The summed E-state index contributed by atoms with van der Waals surface area (Å²) in [7, 11) is 0. The Hall–Kier alpha value is -3.21. The van der Waals surface area contributed by atoms with Gasteiger partial charge in [0.2, 0.25) is 0 Å². The van der Waals surface area contributed by atoms with Crippen LogP contribution in [0.4, 0.5) is 17.3 Å². The Labute approximate surface area is 140 Å². The van der Waals surface area contributed by atoms with Crippen molar-refractivity contribution in [3.63, 3.8) is 0 Å². The van der Waals surface area contributed by atoms with Gasteiger partial charge in [-0.1, -0.05) is 60.7 Å². The van der Waals surface area contributed by atoms with Crippen molar-refractivity contribution in [3.05, 3.63) is 78.1 Å². The number of hydrogen-bond donors (Lipinski definition) is 1. The molecule has 0 bridgehead atoms. The molecule has 4 rings (SSSR count). The Morgan fingerprint density at radius 2 is 1.50 bits per heavy atom. The number of nitrogens with zero attached hydrogens (tertiary/aromatic N) is 4. The standard InChI is InChI=1S/C19H16N5/c1-3-7-14(8-4-1)16(15-9-5-2-6-10-15)11-20-18-17-19(22-12-21-17)24-13-23-18/h1-10,12-13,16H,11H2,(H,20,23,24). The molecule has 0 aliphatic carbocycles. The van der Waals surface area contributed by atoms with Crippen LogP contribution in [0.5, 0.6) is 0 Å². The van der Waals surface area contributed by atoms with Crippen molar-refractivity contribution in [3.8, 4) is 0 Å². The lowest BCUT2D eigenvalue weighted by Gasteiger charge is -2.19. The number of anilines is 1. The highest BCUT2D eigenvalue weighted by Crippen LogP contribution is 2.33. The molecule has 0 spiro atoms. The molecule has 0 unspecified atom stereocenters. The van der Waals surface area contributed by atoms with Crippen LogP contribution < -0.4 is 10.6 Å². The lowest BCUT2D eigenvalue weighted by Crippen LogP contribution is -2.15. The van der Waals surface area contributed by atoms with E-state index in [4.69, 9.17) is 0 Å². The predicted molar refractivity (Wildman–Crippen MR) is 95.2 cm³/mol. The Bertz CT molecular complexity index is 807. The second kappa shape index (κ2) is 6.50. The Balaban J connectivity index is 1.62. The molecule has 1 N–H and O–H groups in total. The molecule has 117 valence electrons. The van der Waals surface area contributed by atoms with Crippen molar-refractivity contribution in [1.29, 1.82) is 0 Å². The molecule has 1 aliphatic rings. The van der Waals surface area contributed by atoms with Gasteiger partial charge < -0.3 is 5.32 Å². The smallest absolute Gasteiger partial charge is 0.185 e. The van der Waals surface area contributed by atoms with Gasteiger partial charge in [-0.2, -0.15) is 0 Å². The van der Waals surface area contributed by atoms with Crippen molar-refractivity contribution in [1.82, 2.24) is 15.3 Å². The van der Waals surface area contributed by atoms with Crippen LogP contribution >= 0.6 is 0 Å². The lowest BCUT2D eigenvalue weighted by atomic mass is 9.91. The van der Waals surface area contributed by atoms with E-state index in [0.29, 0.717) is 18.1 Å². The van der Waals surface area contributed by atoms with E-state index in [2.05, 4.69) is 74.1 Å². The summed E-state index contributed by atoms with van der Waals surface area (Å²) in [5.74, 6) is 1.55. The maximum atomic E-state index is 4.31. The second-order valence-electron chi connectivity index (χ2n) is 5.52. The molecule has 1 radical (unpaired) electrons. The minimum atomic E-state index is 0.223. The van der Waals surface area contributed by atoms with Gasteiger partial charge >= 0.3 is 0 Å². The van der Waals surface area contributed by atoms with Crippen LogP contribution in [0, 0.1) is 0 Å². The molecule has 24 heavy (non-hydrogen) atoms. The van der Waals surface area contributed by atoms with Crippen LogP contribution in [0.15, 0.2) is 72.0 Å². The summed E-state index contributed by atoms with van der Waals surface area (Å²) >= 11 is 0. The molecule has 0 fully saturated rings. The third-order valence-corrected chi connectivity index (χ3v) is 4.05. The largest absolute Gasteiger partial charge is 0.367 e. The highest BCUT2D eigenvalue weighted by molar-refractivity contribution is 5.85. The van der Waals surface area contributed by atoms with E-state index in [1.165, 1.54) is 23.8 Å². The molecule has 0 atom stereocenters. The first-order valence-corrected chi connectivity index (χ1v) is 7.84. The van der Waals surface area contributed by atoms with Crippen LogP contribution in [-0.2, 0) is 0 Å². The number of aliphatic imine (C=N–C) groups is 1. The number of aromatic nitrogens is 2. The zero-order valence-corrected chi connectivity index (χ0v) is 13.0. The van der Waals surface area contributed by atoms with E-state index in [0.717, 1.165) is 5.82 Å². The van der Waals surface area contributed by atoms with Crippen LogP contribution in [0.1, 0.15) is 17.0 Å². The molecule has 2 aromatic carbocycles.